The maximum Gasteiger partial charge on any atom is 0.361 e. The number of rotatable bonds is 4. The second-order valence-electron chi connectivity index (χ2n) is 5.56. The van der Waals surface area contributed by atoms with Crippen LogP contribution in [-0.2, 0) is 24.9 Å². The van der Waals surface area contributed by atoms with Crippen molar-refractivity contribution >= 4 is 56.2 Å². The highest BCUT2D eigenvalue weighted by molar-refractivity contribution is 9.10. The molecule has 8 nitrogen and oxygen atoms in total. The molecule has 0 aliphatic rings. The van der Waals surface area contributed by atoms with Crippen molar-refractivity contribution < 1.29 is 38.1 Å². The summed E-state index contributed by atoms with van der Waals surface area (Å²) in [6.07, 6.45) is 0. The molecule has 0 saturated carbocycles. The van der Waals surface area contributed by atoms with Crippen LogP contribution in [-0.4, -0.2) is 20.5 Å². The van der Waals surface area contributed by atoms with Gasteiger partial charge in [0.1, 0.15) is 0 Å². The van der Waals surface area contributed by atoms with Gasteiger partial charge in [-0.15, -0.1) is 0 Å². The Morgan fingerprint density at radius 3 is 2.70 bits per heavy atom. The summed E-state index contributed by atoms with van der Waals surface area (Å²) in [6, 6.07) is 5.99. The van der Waals surface area contributed by atoms with Crippen molar-refractivity contribution in [3.05, 3.63) is 39.3 Å². The molecule has 0 aliphatic carbocycles. The quantitative estimate of drug-likeness (QED) is 0.243. The molecule has 11 heteroatoms. The number of nitrogen functional groups attached to an aromatic ring is 2. The molecule has 3 aromatic rings. The third kappa shape index (κ3) is 4.11. The predicted molar refractivity (Wildman–Crippen MR) is 101 cm³/mol. The third-order valence-corrected chi connectivity index (χ3v) is 4.81. The fourth-order valence-corrected chi connectivity index (χ4v) is 3.25. The van der Waals surface area contributed by atoms with Gasteiger partial charge in [-0.25, -0.2) is 23.9 Å². The number of hydrogen-bond acceptors (Lipinski definition) is 6. The van der Waals surface area contributed by atoms with Gasteiger partial charge in [-0.2, -0.15) is 0 Å². The number of imidazole rings is 1. The molecule has 1 aromatic carbocycles. The molecule has 2 aromatic heterocycles. The Balaban J connectivity index is 0.00000261. The van der Waals surface area contributed by atoms with Gasteiger partial charge >= 0.3 is 5.97 Å². The number of nitrogens with zero attached hydrogens (tertiary/aromatic N) is 4. The van der Waals surface area contributed by atoms with Crippen LogP contribution in [0.5, 0.6) is 0 Å². The van der Waals surface area contributed by atoms with Crippen LogP contribution in [0.1, 0.15) is 23.2 Å². The van der Waals surface area contributed by atoms with Crippen LogP contribution in [0.2, 0.25) is 5.15 Å². The molecule has 3 rings (SSSR count). The Labute approximate surface area is 186 Å². The molecular formula is C16H17BrClIN6O2. The minimum atomic E-state index is -0.717. The fourth-order valence-electron chi connectivity index (χ4n) is 2.77. The van der Waals surface area contributed by atoms with Crippen molar-refractivity contribution in [3.8, 4) is 0 Å². The van der Waals surface area contributed by atoms with E-state index in [1.807, 2.05) is 36.7 Å². The van der Waals surface area contributed by atoms with Crippen LogP contribution >= 0.6 is 27.5 Å². The lowest BCUT2D eigenvalue weighted by Crippen LogP contribution is -3.00. The lowest BCUT2D eigenvalue weighted by atomic mass is 10.3. The Bertz CT molecular complexity index is 1030. The lowest BCUT2D eigenvalue weighted by Gasteiger charge is -2.06. The molecule has 0 spiro atoms. The van der Waals surface area contributed by atoms with Crippen molar-refractivity contribution in [3.63, 3.8) is 0 Å². The Morgan fingerprint density at radius 2 is 2.04 bits per heavy atom. The largest absolute Gasteiger partial charge is 1.00 e. The fraction of sp³-hybridized carbons (Fsp3) is 0.250. The maximum absolute atomic E-state index is 12.4. The Hall–Kier alpha value is -1.66. The highest BCUT2D eigenvalue weighted by Crippen LogP contribution is 2.21. The smallest absolute Gasteiger partial charge is 0.361 e. The van der Waals surface area contributed by atoms with Gasteiger partial charge in [0.05, 0.1) is 13.6 Å². The van der Waals surface area contributed by atoms with Crippen molar-refractivity contribution in [2.75, 3.05) is 11.5 Å². The van der Waals surface area contributed by atoms with Gasteiger partial charge in [-0.1, -0.05) is 27.5 Å². The zero-order valence-corrected chi connectivity index (χ0v) is 19.0. The number of ether oxygens (including phenoxy) is 1. The molecule has 0 radical (unpaired) electrons. The Morgan fingerprint density at radius 1 is 1.33 bits per heavy atom. The number of anilines is 2. The summed E-state index contributed by atoms with van der Waals surface area (Å²) in [7, 11) is 1.92. The van der Waals surface area contributed by atoms with Crippen LogP contribution in [0, 0.1) is 0 Å². The van der Waals surface area contributed by atoms with Crippen molar-refractivity contribution in [2.45, 2.75) is 20.1 Å². The number of carbonyl (C=O) groups is 1. The standard InChI is InChI=1S/C16H16BrClN6O2.HI/c1-3-24-9-5-4-8(17)6-10(9)23(2)11(24)7-26-16(25)12-14(19)22-15(20)13(18)21-12;/h4-6H,3,7H2,1-2H3,(H3-,19,20,22,25);1H. The van der Waals surface area contributed by atoms with E-state index in [2.05, 4.69) is 30.5 Å². The Kier molecular flexibility index (Phi) is 6.87. The number of benzene rings is 1. The van der Waals surface area contributed by atoms with Crippen molar-refractivity contribution in [1.29, 1.82) is 0 Å². The minimum absolute atomic E-state index is 0. The minimum Gasteiger partial charge on any atom is -1.00 e. The van der Waals surface area contributed by atoms with E-state index in [-0.39, 0.29) is 53.1 Å². The lowest BCUT2D eigenvalue weighted by molar-refractivity contribution is -0.678. The normalized spacial score (nSPS) is 10.7. The average molecular weight is 568 g/mol. The number of carbonyl (C=O) groups excluding carboxylic acids is 1. The number of aryl methyl sites for hydroxylation is 2. The summed E-state index contributed by atoms with van der Waals surface area (Å²) in [4.78, 5) is 20.0. The summed E-state index contributed by atoms with van der Waals surface area (Å²) in [5.41, 5.74) is 13.1. The summed E-state index contributed by atoms with van der Waals surface area (Å²) in [6.45, 7) is 2.79. The van der Waals surface area contributed by atoms with Gasteiger partial charge < -0.3 is 40.2 Å². The van der Waals surface area contributed by atoms with E-state index in [1.165, 1.54) is 0 Å². The molecule has 144 valence electrons. The predicted octanol–water partition coefficient (Wildman–Crippen LogP) is -0.783. The van der Waals surface area contributed by atoms with Crippen LogP contribution < -0.4 is 40.0 Å². The number of aromatic nitrogens is 4. The number of hydrogen-bond donors (Lipinski definition) is 2. The van der Waals surface area contributed by atoms with Gasteiger partial charge in [0.2, 0.25) is 0 Å². The molecule has 0 amide bonds. The summed E-state index contributed by atoms with van der Waals surface area (Å²) < 4.78 is 10.4. The molecule has 4 N–H and O–H groups in total. The van der Waals surface area contributed by atoms with Gasteiger partial charge in [0, 0.05) is 10.5 Å². The monoisotopic (exact) mass is 566 g/mol. The maximum atomic E-state index is 12.4. The molecule has 0 unspecified atom stereocenters. The first-order chi connectivity index (χ1) is 12.3. The first kappa shape index (κ1) is 21.6. The summed E-state index contributed by atoms with van der Waals surface area (Å²) in [5.74, 6) is -0.0574. The number of esters is 1. The van der Waals surface area contributed by atoms with Gasteiger partial charge in [-0.3, -0.25) is 0 Å². The van der Waals surface area contributed by atoms with Crippen LogP contribution in [0.15, 0.2) is 22.7 Å². The third-order valence-electron chi connectivity index (χ3n) is 4.04. The highest BCUT2D eigenvalue weighted by Gasteiger charge is 2.25. The first-order valence-corrected chi connectivity index (χ1v) is 8.92. The molecule has 0 bridgehead atoms. The van der Waals surface area contributed by atoms with E-state index in [4.69, 9.17) is 27.8 Å². The van der Waals surface area contributed by atoms with Crippen LogP contribution in [0.25, 0.3) is 11.0 Å². The highest BCUT2D eigenvalue weighted by atomic mass is 127. The molecule has 0 saturated heterocycles. The second-order valence-corrected chi connectivity index (χ2v) is 6.84. The van der Waals surface area contributed by atoms with E-state index in [0.717, 1.165) is 27.9 Å². The SMILES string of the molecule is CC[n+]1c(COC(=O)c2nc(Cl)c(N)nc2N)n(C)c2cc(Br)ccc21.[I-]. The van der Waals surface area contributed by atoms with E-state index in [9.17, 15) is 4.79 Å². The van der Waals surface area contributed by atoms with E-state index in [0.29, 0.717) is 0 Å². The zero-order valence-electron chi connectivity index (χ0n) is 14.5. The zero-order chi connectivity index (χ0) is 19.0. The second kappa shape index (κ2) is 8.57. The van der Waals surface area contributed by atoms with Gasteiger partial charge in [0.25, 0.3) is 5.82 Å². The average Bonchev–Trinajstić information content (AvgIpc) is 2.87. The van der Waals surface area contributed by atoms with Gasteiger partial charge in [-0.05, 0) is 19.1 Å². The molecule has 0 fully saturated rings. The molecule has 2 heterocycles. The van der Waals surface area contributed by atoms with Crippen molar-refractivity contribution in [2.24, 2.45) is 7.05 Å². The number of nitrogens with two attached hydrogens (primary N) is 2. The molecule has 0 atom stereocenters. The summed E-state index contributed by atoms with van der Waals surface area (Å²) in [5, 5.41) is -0.0933. The molecule has 0 aliphatic heterocycles. The van der Waals surface area contributed by atoms with E-state index in [1.54, 1.807) is 0 Å². The molecule has 27 heavy (non-hydrogen) atoms. The van der Waals surface area contributed by atoms with E-state index < -0.39 is 5.97 Å². The van der Waals surface area contributed by atoms with Gasteiger partial charge in [0.15, 0.2) is 40.1 Å². The van der Waals surface area contributed by atoms with Crippen LogP contribution in [0.3, 0.4) is 0 Å². The van der Waals surface area contributed by atoms with E-state index >= 15 is 0 Å². The van der Waals surface area contributed by atoms with Crippen molar-refractivity contribution in [1.82, 2.24) is 14.5 Å². The topological polar surface area (TPSA) is 113 Å². The number of halogens is 3. The summed E-state index contributed by atoms with van der Waals surface area (Å²) >= 11 is 9.29. The number of fused-ring (bicyclic) bond motifs is 1. The first-order valence-electron chi connectivity index (χ1n) is 7.75. The van der Waals surface area contributed by atoms with Crippen LogP contribution in [0.4, 0.5) is 11.6 Å². The molecular weight excluding hydrogens is 550 g/mol.